The Balaban J connectivity index is 1.57. The SMILES string of the molecule is Nc1ccc(CCC(=O)OCOCC2CC2)cc1. The van der Waals surface area contributed by atoms with E-state index in [0.717, 1.165) is 11.3 Å². The number of hydrogen-bond donors (Lipinski definition) is 1. The fraction of sp³-hybridized carbons (Fsp3) is 0.500. The van der Waals surface area contributed by atoms with Crippen LogP contribution in [0.15, 0.2) is 24.3 Å². The molecule has 0 heterocycles. The average Bonchev–Trinajstić information content (AvgIpc) is 3.18. The Morgan fingerprint density at radius 2 is 2.00 bits per heavy atom. The molecule has 0 atom stereocenters. The molecule has 2 rings (SSSR count). The zero-order valence-electron chi connectivity index (χ0n) is 10.4. The summed E-state index contributed by atoms with van der Waals surface area (Å²) in [6.07, 6.45) is 3.52. The predicted octanol–water partition coefficient (Wildman–Crippen LogP) is 2.13. The van der Waals surface area contributed by atoms with Crippen LogP contribution in [0.4, 0.5) is 5.69 Å². The summed E-state index contributed by atoms with van der Waals surface area (Å²) < 4.78 is 10.2. The van der Waals surface area contributed by atoms with Crippen LogP contribution >= 0.6 is 0 Å². The van der Waals surface area contributed by atoms with E-state index in [2.05, 4.69) is 0 Å². The molecule has 1 aliphatic rings. The summed E-state index contributed by atoms with van der Waals surface area (Å²) in [6, 6.07) is 7.51. The van der Waals surface area contributed by atoms with Gasteiger partial charge in [0.25, 0.3) is 0 Å². The molecule has 4 heteroatoms. The van der Waals surface area contributed by atoms with Gasteiger partial charge in [0.05, 0.1) is 6.61 Å². The van der Waals surface area contributed by atoms with Crippen molar-refractivity contribution in [3.8, 4) is 0 Å². The van der Waals surface area contributed by atoms with E-state index in [1.54, 1.807) is 0 Å². The zero-order chi connectivity index (χ0) is 12.8. The van der Waals surface area contributed by atoms with Crippen molar-refractivity contribution in [2.45, 2.75) is 25.7 Å². The molecule has 0 unspecified atom stereocenters. The Morgan fingerprint density at radius 3 is 2.67 bits per heavy atom. The van der Waals surface area contributed by atoms with E-state index < -0.39 is 0 Å². The summed E-state index contributed by atoms with van der Waals surface area (Å²) in [4.78, 5) is 11.4. The molecule has 1 aromatic carbocycles. The Labute approximate surface area is 107 Å². The smallest absolute Gasteiger partial charge is 0.308 e. The molecule has 1 aromatic rings. The minimum absolute atomic E-state index is 0.0804. The normalized spacial score (nSPS) is 14.4. The Bertz CT molecular complexity index is 385. The molecule has 0 amide bonds. The van der Waals surface area contributed by atoms with E-state index >= 15 is 0 Å². The predicted molar refractivity (Wildman–Crippen MR) is 68.8 cm³/mol. The average molecular weight is 249 g/mol. The lowest BCUT2D eigenvalue weighted by atomic mass is 10.1. The van der Waals surface area contributed by atoms with Crippen molar-refractivity contribution in [1.29, 1.82) is 0 Å². The van der Waals surface area contributed by atoms with Crippen LogP contribution in [0, 0.1) is 5.92 Å². The Hall–Kier alpha value is -1.55. The molecule has 0 aliphatic heterocycles. The van der Waals surface area contributed by atoms with Crippen LogP contribution in [0.1, 0.15) is 24.8 Å². The first-order chi connectivity index (χ1) is 8.74. The largest absolute Gasteiger partial charge is 0.438 e. The maximum Gasteiger partial charge on any atom is 0.308 e. The van der Waals surface area contributed by atoms with Crippen LogP contribution in [-0.4, -0.2) is 19.4 Å². The van der Waals surface area contributed by atoms with Crippen molar-refractivity contribution in [3.05, 3.63) is 29.8 Å². The molecule has 2 N–H and O–H groups in total. The summed E-state index contributed by atoms with van der Waals surface area (Å²) in [6.45, 7) is 0.794. The molecule has 0 aromatic heterocycles. The third kappa shape index (κ3) is 4.75. The van der Waals surface area contributed by atoms with Crippen LogP contribution in [-0.2, 0) is 20.7 Å². The molecule has 0 radical (unpaired) electrons. The van der Waals surface area contributed by atoms with Crippen LogP contribution in [0.5, 0.6) is 0 Å². The van der Waals surface area contributed by atoms with Gasteiger partial charge in [-0.1, -0.05) is 12.1 Å². The van der Waals surface area contributed by atoms with Crippen molar-refractivity contribution in [3.63, 3.8) is 0 Å². The number of carbonyl (C=O) groups excluding carboxylic acids is 1. The number of hydrogen-bond acceptors (Lipinski definition) is 4. The van der Waals surface area contributed by atoms with E-state index in [1.165, 1.54) is 12.8 Å². The van der Waals surface area contributed by atoms with Gasteiger partial charge in [0, 0.05) is 12.1 Å². The first kappa shape index (κ1) is 12.9. The summed E-state index contributed by atoms with van der Waals surface area (Å²) in [7, 11) is 0. The second-order valence-electron chi connectivity index (χ2n) is 4.69. The topological polar surface area (TPSA) is 61.6 Å². The maximum absolute atomic E-state index is 11.4. The van der Waals surface area contributed by atoms with Crippen molar-refractivity contribution in [2.24, 2.45) is 5.92 Å². The molecule has 4 nitrogen and oxygen atoms in total. The summed E-state index contributed by atoms with van der Waals surface area (Å²) in [5, 5.41) is 0. The maximum atomic E-state index is 11.4. The first-order valence-electron chi connectivity index (χ1n) is 6.32. The fourth-order valence-electron chi connectivity index (χ4n) is 1.61. The highest BCUT2D eigenvalue weighted by Gasteiger charge is 2.21. The monoisotopic (exact) mass is 249 g/mol. The first-order valence-corrected chi connectivity index (χ1v) is 6.32. The Kier molecular flexibility index (Phi) is 4.59. The number of anilines is 1. The fourth-order valence-corrected chi connectivity index (χ4v) is 1.61. The van der Waals surface area contributed by atoms with Gasteiger partial charge < -0.3 is 15.2 Å². The van der Waals surface area contributed by atoms with Gasteiger partial charge in [-0.15, -0.1) is 0 Å². The molecule has 0 saturated heterocycles. The molecule has 1 fully saturated rings. The number of carbonyl (C=O) groups is 1. The molecule has 98 valence electrons. The highest BCUT2D eigenvalue weighted by Crippen LogP contribution is 2.28. The van der Waals surface area contributed by atoms with Gasteiger partial charge in [-0.2, -0.15) is 0 Å². The van der Waals surface area contributed by atoms with E-state index in [-0.39, 0.29) is 12.8 Å². The number of rotatable bonds is 7. The lowest BCUT2D eigenvalue weighted by Gasteiger charge is -2.05. The number of esters is 1. The van der Waals surface area contributed by atoms with Crippen molar-refractivity contribution < 1.29 is 14.3 Å². The van der Waals surface area contributed by atoms with Crippen LogP contribution in [0.3, 0.4) is 0 Å². The summed E-state index contributed by atoms with van der Waals surface area (Å²) in [5.74, 6) is 0.473. The van der Waals surface area contributed by atoms with Gasteiger partial charge in [-0.25, -0.2) is 0 Å². The van der Waals surface area contributed by atoms with Gasteiger partial charge in [0.15, 0.2) is 6.79 Å². The Morgan fingerprint density at radius 1 is 1.28 bits per heavy atom. The number of benzene rings is 1. The molecular weight excluding hydrogens is 230 g/mol. The molecule has 0 bridgehead atoms. The van der Waals surface area contributed by atoms with Crippen molar-refractivity contribution >= 4 is 11.7 Å². The zero-order valence-corrected chi connectivity index (χ0v) is 10.4. The van der Waals surface area contributed by atoms with E-state index in [0.29, 0.717) is 25.4 Å². The quantitative estimate of drug-likeness (QED) is 0.348. The molecule has 1 saturated carbocycles. The standard InChI is InChI=1S/C14H19NO3/c15-13-6-3-11(4-7-13)5-8-14(16)18-10-17-9-12-1-2-12/h3-4,6-7,12H,1-2,5,8-10,15H2. The molecular formula is C14H19NO3. The second-order valence-corrected chi connectivity index (χ2v) is 4.69. The second kappa shape index (κ2) is 6.40. The van der Waals surface area contributed by atoms with Gasteiger partial charge in [0.1, 0.15) is 0 Å². The van der Waals surface area contributed by atoms with Gasteiger partial charge in [0.2, 0.25) is 0 Å². The van der Waals surface area contributed by atoms with Crippen molar-refractivity contribution in [1.82, 2.24) is 0 Å². The highest BCUT2D eigenvalue weighted by molar-refractivity contribution is 5.69. The number of aryl methyl sites for hydroxylation is 1. The van der Waals surface area contributed by atoms with Gasteiger partial charge >= 0.3 is 5.97 Å². The number of ether oxygens (including phenoxy) is 2. The highest BCUT2D eigenvalue weighted by atomic mass is 16.7. The minimum Gasteiger partial charge on any atom is -0.438 e. The summed E-state index contributed by atoms with van der Waals surface area (Å²) >= 11 is 0. The van der Waals surface area contributed by atoms with Crippen LogP contribution in [0.2, 0.25) is 0 Å². The van der Waals surface area contributed by atoms with Gasteiger partial charge in [-0.05, 0) is 42.9 Å². The minimum atomic E-state index is -0.220. The van der Waals surface area contributed by atoms with Crippen molar-refractivity contribution in [2.75, 3.05) is 19.1 Å². The molecule has 0 spiro atoms. The number of nitrogen functional groups attached to an aromatic ring is 1. The molecule has 1 aliphatic carbocycles. The third-order valence-electron chi connectivity index (χ3n) is 2.95. The lowest BCUT2D eigenvalue weighted by Crippen LogP contribution is -2.10. The number of nitrogens with two attached hydrogens (primary N) is 1. The lowest BCUT2D eigenvalue weighted by molar-refractivity contribution is -0.156. The van der Waals surface area contributed by atoms with E-state index in [9.17, 15) is 4.79 Å². The summed E-state index contributed by atoms with van der Waals surface area (Å²) in [5.41, 5.74) is 7.40. The van der Waals surface area contributed by atoms with Gasteiger partial charge in [-0.3, -0.25) is 4.79 Å². The van der Waals surface area contributed by atoms with Crippen LogP contribution in [0.25, 0.3) is 0 Å². The third-order valence-corrected chi connectivity index (χ3v) is 2.95. The van der Waals surface area contributed by atoms with Crippen LogP contribution < -0.4 is 5.73 Å². The molecule has 18 heavy (non-hydrogen) atoms. The van der Waals surface area contributed by atoms with E-state index in [1.807, 2.05) is 24.3 Å². The van der Waals surface area contributed by atoms with E-state index in [4.69, 9.17) is 15.2 Å².